The Hall–Kier alpha value is -0.960. The highest BCUT2D eigenvalue weighted by Crippen LogP contribution is 2.49. The lowest BCUT2D eigenvalue weighted by molar-refractivity contribution is 0.127. The number of hydrogen-bond acceptors (Lipinski definition) is 1. The van der Waals surface area contributed by atoms with Crippen molar-refractivity contribution in [2.24, 2.45) is 5.92 Å². The molecule has 0 unspecified atom stereocenters. The van der Waals surface area contributed by atoms with Gasteiger partial charge in [0.1, 0.15) is 11.6 Å². The summed E-state index contributed by atoms with van der Waals surface area (Å²) in [5.41, 5.74) is 0.539. The highest BCUT2D eigenvalue weighted by atomic mass is 19.1. The number of rotatable bonds is 5. The molecule has 2 rings (SSSR count). The Morgan fingerprint density at radius 2 is 2.06 bits per heavy atom. The van der Waals surface area contributed by atoms with Gasteiger partial charge in [0.2, 0.25) is 0 Å². The van der Waals surface area contributed by atoms with Crippen LogP contribution in [-0.4, -0.2) is 13.6 Å². The zero-order valence-electron chi connectivity index (χ0n) is 11.1. The van der Waals surface area contributed by atoms with E-state index >= 15 is 0 Å². The Morgan fingerprint density at radius 3 is 2.61 bits per heavy atom. The van der Waals surface area contributed by atoms with Crippen LogP contribution >= 0.6 is 0 Å². The molecule has 0 heterocycles. The Labute approximate surface area is 108 Å². The van der Waals surface area contributed by atoms with Crippen LogP contribution in [-0.2, 0) is 5.41 Å². The van der Waals surface area contributed by atoms with Gasteiger partial charge in [-0.1, -0.05) is 25.8 Å². The number of nitrogens with one attached hydrogen (secondary N) is 1. The lowest BCUT2D eigenvalue weighted by Gasteiger charge is -2.48. The molecule has 1 fully saturated rings. The Kier molecular flexibility index (Phi) is 4.00. The van der Waals surface area contributed by atoms with Crippen molar-refractivity contribution in [3.05, 3.63) is 35.4 Å². The summed E-state index contributed by atoms with van der Waals surface area (Å²) in [5.74, 6) is -0.215. The lowest BCUT2D eigenvalue weighted by atomic mass is 9.57. The van der Waals surface area contributed by atoms with E-state index in [4.69, 9.17) is 0 Å². The molecule has 0 radical (unpaired) electrons. The number of benzene rings is 1. The Morgan fingerprint density at radius 1 is 1.33 bits per heavy atom. The van der Waals surface area contributed by atoms with Crippen molar-refractivity contribution in [3.8, 4) is 0 Å². The van der Waals surface area contributed by atoms with Crippen molar-refractivity contribution in [2.45, 2.75) is 38.0 Å². The minimum absolute atomic E-state index is 0.133. The van der Waals surface area contributed by atoms with Crippen LogP contribution in [0, 0.1) is 17.6 Å². The first-order chi connectivity index (χ1) is 8.61. The highest BCUT2D eigenvalue weighted by molar-refractivity contribution is 5.31. The van der Waals surface area contributed by atoms with E-state index in [1.165, 1.54) is 18.9 Å². The molecule has 100 valence electrons. The largest absolute Gasteiger partial charge is 0.319 e. The molecular weight excluding hydrogens is 232 g/mol. The summed E-state index contributed by atoms with van der Waals surface area (Å²) >= 11 is 0. The summed E-state index contributed by atoms with van der Waals surface area (Å²) in [7, 11) is 1.89. The predicted octanol–water partition coefficient (Wildman–Crippen LogP) is 3.63. The first kappa shape index (κ1) is 13.5. The highest BCUT2D eigenvalue weighted by Gasteiger charge is 2.45. The average molecular weight is 253 g/mol. The molecule has 1 nitrogen and oxygen atoms in total. The normalized spacial score (nSPS) is 27.0. The van der Waals surface area contributed by atoms with E-state index < -0.39 is 11.6 Å². The summed E-state index contributed by atoms with van der Waals surface area (Å²) < 4.78 is 26.9. The Balaban J connectivity index is 2.21. The maximum absolute atomic E-state index is 13.9. The molecule has 0 saturated heterocycles. The molecule has 1 aliphatic rings. The third kappa shape index (κ3) is 2.41. The quantitative estimate of drug-likeness (QED) is 0.845. The maximum atomic E-state index is 13.9. The zero-order valence-corrected chi connectivity index (χ0v) is 11.1. The topological polar surface area (TPSA) is 12.0 Å². The van der Waals surface area contributed by atoms with E-state index in [1.807, 2.05) is 7.05 Å². The summed E-state index contributed by atoms with van der Waals surface area (Å²) in [4.78, 5) is 0. The van der Waals surface area contributed by atoms with E-state index in [9.17, 15) is 8.78 Å². The molecule has 0 aliphatic heterocycles. The Bertz CT molecular complexity index is 411. The van der Waals surface area contributed by atoms with E-state index in [0.29, 0.717) is 11.5 Å². The third-order valence-corrected chi connectivity index (χ3v) is 4.07. The predicted molar refractivity (Wildman–Crippen MR) is 69.6 cm³/mol. The lowest BCUT2D eigenvalue weighted by Crippen LogP contribution is -2.48. The molecule has 0 bridgehead atoms. The van der Waals surface area contributed by atoms with Gasteiger partial charge in [0.05, 0.1) is 0 Å². The molecule has 1 saturated carbocycles. The van der Waals surface area contributed by atoms with Gasteiger partial charge in [0, 0.05) is 18.0 Å². The molecule has 18 heavy (non-hydrogen) atoms. The summed E-state index contributed by atoms with van der Waals surface area (Å²) in [5, 5.41) is 3.15. The van der Waals surface area contributed by atoms with Gasteiger partial charge in [-0.15, -0.1) is 0 Å². The van der Waals surface area contributed by atoms with Crippen LogP contribution in [0.1, 0.15) is 38.2 Å². The smallest absolute Gasteiger partial charge is 0.129 e. The molecule has 0 aromatic heterocycles. The first-order valence-corrected chi connectivity index (χ1v) is 6.71. The molecule has 1 N–H and O–H groups in total. The van der Waals surface area contributed by atoms with Crippen LogP contribution in [0.4, 0.5) is 8.78 Å². The number of likely N-dealkylation sites (N-methyl/N-ethyl adjacent to an activating group) is 1. The fourth-order valence-corrected chi connectivity index (χ4v) is 3.38. The van der Waals surface area contributed by atoms with Crippen molar-refractivity contribution in [3.63, 3.8) is 0 Å². The van der Waals surface area contributed by atoms with Gasteiger partial charge >= 0.3 is 0 Å². The second-order valence-corrected chi connectivity index (χ2v) is 5.50. The fourth-order valence-electron chi connectivity index (χ4n) is 3.38. The SMILES string of the molecule is CCCC1CC(CNC)(c2ccc(F)cc2F)C1. The van der Waals surface area contributed by atoms with E-state index in [1.54, 1.807) is 6.07 Å². The van der Waals surface area contributed by atoms with Crippen LogP contribution in [0.15, 0.2) is 18.2 Å². The molecule has 0 amide bonds. The van der Waals surface area contributed by atoms with Gasteiger partial charge in [-0.2, -0.15) is 0 Å². The van der Waals surface area contributed by atoms with E-state index in [0.717, 1.165) is 25.5 Å². The molecular formula is C15H21F2N. The minimum Gasteiger partial charge on any atom is -0.319 e. The summed E-state index contributed by atoms with van der Waals surface area (Å²) in [6.07, 6.45) is 4.38. The monoisotopic (exact) mass is 253 g/mol. The molecule has 0 spiro atoms. The van der Waals surface area contributed by atoms with Crippen LogP contribution < -0.4 is 5.32 Å². The second kappa shape index (κ2) is 5.35. The summed E-state index contributed by atoms with van der Waals surface area (Å²) in [6, 6.07) is 3.98. The van der Waals surface area contributed by atoms with Gasteiger partial charge in [-0.05, 0) is 37.4 Å². The van der Waals surface area contributed by atoms with Crippen molar-refractivity contribution in [1.82, 2.24) is 5.32 Å². The van der Waals surface area contributed by atoms with Gasteiger partial charge in [-0.25, -0.2) is 8.78 Å². The van der Waals surface area contributed by atoms with Crippen molar-refractivity contribution < 1.29 is 8.78 Å². The zero-order chi connectivity index (χ0) is 13.2. The van der Waals surface area contributed by atoms with Gasteiger partial charge in [-0.3, -0.25) is 0 Å². The van der Waals surface area contributed by atoms with Gasteiger partial charge in [0.15, 0.2) is 0 Å². The summed E-state index contributed by atoms with van der Waals surface area (Å²) in [6.45, 7) is 2.94. The van der Waals surface area contributed by atoms with Gasteiger partial charge in [0.25, 0.3) is 0 Å². The molecule has 1 aliphatic carbocycles. The van der Waals surface area contributed by atoms with Crippen molar-refractivity contribution in [2.75, 3.05) is 13.6 Å². The number of halogens is 2. The van der Waals surface area contributed by atoms with Crippen molar-refractivity contribution >= 4 is 0 Å². The van der Waals surface area contributed by atoms with Crippen LogP contribution in [0.5, 0.6) is 0 Å². The van der Waals surface area contributed by atoms with E-state index in [-0.39, 0.29) is 5.41 Å². The first-order valence-electron chi connectivity index (χ1n) is 6.71. The molecule has 1 aromatic rings. The van der Waals surface area contributed by atoms with E-state index in [2.05, 4.69) is 12.2 Å². The minimum atomic E-state index is -0.500. The maximum Gasteiger partial charge on any atom is 0.129 e. The average Bonchev–Trinajstić information content (AvgIpc) is 2.26. The van der Waals surface area contributed by atoms with Crippen LogP contribution in [0.3, 0.4) is 0 Å². The van der Waals surface area contributed by atoms with Crippen LogP contribution in [0.25, 0.3) is 0 Å². The van der Waals surface area contributed by atoms with Gasteiger partial charge < -0.3 is 5.32 Å². The number of hydrogen-bond donors (Lipinski definition) is 1. The van der Waals surface area contributed by atoms with Crippen molar-refractivity contribution in [1.29, 1.82) is 0 Å². The van der Waals surface area contributed by atoms with Crippen LogP contribution in [0.2, 0.25) is 0 Å². The standard InChI is InChI=1S/C15H21F2N/c1-3-4-11-8-15(9-11,10-18-2)13-6-5-12(16)7-14(13)17/h5-7,11,18H,3-4,8-10H2,1-2H3. The molecule has 1 aromatic carbocycles. The fraction of sp³-hybridized carbons (Fsp3) is 0.600. The third-order valence-electron chi connectivity index (χ3n) is 4.07. The second-order valence-electron chi connectivity index (χ2n) is 5.50. The molecule has 3 heteroatoms. The molecule has 0 atom stereocenters.